The second-order valence-corrected chi connectivity index (χ2v) is 9.87. The number of ether oxygens (including phenoxy) is 1. The topological polar surface area (TPSA) is 87.6 Å². The number of aliphatic hydroxyl groups excluding tert-OH is 1. The summed E-state index contributed by atoms with van der Waals surface area (Å²) in [4.78, 5) is 27.6. The van der Waals surface area contributed by atoms with Crippen LogP contribution in [0.5, 0.6) is 0 Å². The molecule has 7 heteroatoms. The fourth-order valence-electron chi connectivity index (χ4n) is 5.35. The molecular formula is C31H33N3O4. The van der Waals surface area contributed by atoms with Crippen LogP contribution in [0.3, 0.4) is 0 Å². The van der Waals surface area contributed by atoms with Crippen LogP contribution in [0.1, 0.15) is 36.1 Å². The number of fused-ring (bicyclic) bond motifs is 2. The van der Waals surface area contributed by atoms with Gasteiger partial charge in [0.15, 0.2) is 0 Å². The van der Waals surface area contributed by atoms with E-state index in [0.29, 0.717) is 18.4 Å². The lowest BCUT2D eigenvalue weighted by molar-refractivity contribution is -0.134. The van der Waals surface area contributed by atoms with E-state index in [0.717, 1.165) is 22.3 Å². The van der Waals surface area contributed by atoms with Gasteiger partial charge in [0.05, 0.1) is 35.3 Å². The average molecular weight is 512 g/mol. The minimum atomic E-state index is -0.207. The molecule has 1 aromatic heterocycles. The van der Waals surface area contributed by atoms with Gasteiger partial charge in [0.25, 0.3) is 5.56 Å². The zero-order valence-electron chi connectivity index (χ0n) is 21.7. The van der Waals surface area contributed by atoms with Crippen LogP contribution in [0.4, 0.5) is 0 Å². The molecule has 196 valence electrons. The highest BCUT2D eigenvalue weighted by Crippen LogP contribution is 2.28. The molecule has 5 rings (SSSR count). The standard InChI is InChI=1S/C31H33N3O4/c1-21(8-7-13-29(36)33-19-24-10-4-3-9-23(24)18-26(33)20-35)30(38-2)22-14-16-25(17-15-22)34-31(37)27-11-5-6-12-28(27)32-34/h3-12,14-17,21,26,30,32,35H,13,18-20H2,1-2H3/b8-7+/t21-,26-,30+/m0/s1. The third-order valence-electron chi connectivity index (χ3n) is 7.42. The summed E-state index contributed by atoms with van der Waals surface area (Å²) in [6, 6.07) is 23.1. The maximum atomic E-state index is 13.0. The predicted octanol–water partition coefficient (Wildman–Crippen LogP) is 4.53. The first-order valence-corrected chi connectivity index (χ1v) is 13.0. The van der Waals surface area contributed by atoms with Gasteiger partial charge < -0.3 is 14.7 Å². The molecular weight excluding hydrogens is 478 g/mol. The van der Waals surface area contributed by atoms with Crippen LogP contribution in [-0.4, -0.2) is 45.5 Å². The van der Waals surface area contributed by atoms with Crippen LogP contribution in [0.15, 0.2) is 89.7 Å². The minimum absolute atomic E-state index is 0.00380. The number of nitrogens with zero attached hydrogens (tertiary/aromatic N) is 2. The highest BCUT2D eigenvalue weighted by molar-refractivity contribution is 5.79. The van der Waals surface area contributed by atoms with Crippen molar-refractivity contribution in [1.29, 1.82) is 0 Å². The van der Waals surface area contributed by atoms with Crippen molar-refractivity contribution in [3.63, 3.8) is 0 Å². The van der Waals surface area contributed by atoms with E-state index in [4.69, 9.17) is 4.74 Å². The van der Waals surface area contributed by atoms with Gasteiger partial charge in [-0.3, -0.25) is 14.7 Å². The van der Waals surface area contributed by atoms with Crippen molar-refractivity contribution in [2.45, 2.75) is 38.5 Å². The van der Waals surface area contributed by atoms with Crippen LogP contribution in [0.25, 0.3) is 16.6 Å². The number of aliphatic hydroxyl groups is 1. The number of hydrogen-bond donors (Lipinski definition) is 2. The number of benzene rings is 3. The van der Waals surface area contributed by atoms with Crippen LogP contribution in [0.2, 0.25) is 0 Å². The van der Waals surface area contributed by atoms with Crippen molar-refractivity contribution in [3.05, 3.63) is 112 Å². The van der Waals surface area contributed by atoms with Gasteiger partial charge in [-0.1, -0.05) is 67.6 Å². The number of hydrogen-bond acceptors (Lipinski definition) is 4. The molecule has 0 aliphatic carbocycles. The van der Waals surface area contributed by atoms with Gasteiger partial charge in [0, 0.05) is 26.0 Å². The summed E-state index contributed by atoms with van der Waals surface area (Å²) >= 11 is 0. The molecule has 0 unspecified atom stereocenters. The lowest BCUT2D eigenvalue weighted by atomic mass is 9.93. The molecule has 1 aliphatic heterocycles. The Labute approximate surface area is 222 Å². The summed E-state index contributed by atoms with van der Waals surface area (Å²) in [5, 5.41) is 13.7. The van der Waals surface area contributed by atoms with E-state index in [9.17, 15) is 14.7 Å². The Morgan fingerprint density at radius 2 is 1.79 bits per heavy atom. The third-order valence-corrected chi connectivity index (χ3v) is 7.42. The third kappa shape index (κ3) is 5.08. The number of methoxy groups -OCH3 is 1. The Bertz CT molecular complexity index is 1500. The first kappa shape index (κ1) is 25.7. The Morgan fingerprint density at radius 3 is 2.50 bits per heavy atom. The van der Waals surface area contributed by atoms with Gasteiger partial charge in [-0.25, -0.2) is 4.68 Å². The molecule has 0 fully saturated rings. The number of aromatic nitrogens is 2. The lowest BCUT2D eigenvalue weighted by Crippen LogP contribution is -2.46. The average Bonchev–Trinajstić information content (AvgIpc) is 3.29. The first-order chi connectivity index (χ1) is 18.5. The zero-order chi connectivity index (χ0) is 26.6. The Kier molecular flexibility index (Phi) is 7.58. The van der Waals surface area contributed by atoms with Gasteiger partial charge in [-0.15, -0.1) is 0 Å². The molecule has 1 aliphatic rings. The Hall–Kier alpha value is -3.94. The van der Waals surface area contributed by atoms with Crippen LogP contribution >= 0.6 is 0 Å². The molecule has 0 saturated heterocycles. The quantitative estimate of drug-likeness (QED) is 0.340. The summed E-state index contributed by atoms with van der Waals surface area (Å²) in [5.41, 5.74) is 4.78. The summed E-state index contributed by atoms with van der Waals surface area (Å²) in [7, 11) is 1.67. The zero-order valence-corrected chi connectivity index (χ0v) is 21.7. The van der Waals surface area contributed by atoms with Crippen molar-refractivity contribution in [2.24, 2.45) is 5.92 Å². The van der Waals surface area contributed by atoms with E-state index in [1.807, 2.05) is 78.9 Å². The molecule has 1 amide bonds. The van der Waals surface area contributed by atoms with Crippen molar-refractivity contribution in [3.8, 4) is 5.69 Å². The number of aromatic amines is 1. The number of nitrogens with one attached hydrogen (secondary N) is 1. The lowest BCUT2D eigenvalue weighted by Gasteiger charge is -2.36. The van der Waals surface area contributed by atoms with E-state index in [-0.39, 0.29) is 42.6 Å². The van der Waals surface area contributed by atoms with Gasteiger partial charge in [0.1, 0.15) is 0 Å². The second kappa shape index (κ2) is 11.2. The molecule has 0 radical (unpaired) electrons. The number of H-pyrrole nitrogens is 1. The van der Waals surface area contributed by atoms with E-state index >= 15 is 0 Å². The number of rotatable bonds is 8. The van der Waals surface area contributed by atoms with Crippen LogP contribution < -0.4 is 5.56 Å². The molecule has 2 heterocycles. The molecule has 0 spiro atoms. The first-order valence-electron chi connectivity index (χ1n) is 13.0. The van der Waals surface area contributed by atoms with E-state index < -0.39 is 0 Å². The maximum absolute atomic E-state index is 13.0. The maximum Gasteiger partial charge on any atom is 0.279 e. The SMILES string of the molecule is CO[C@@H](c1ccc(-n2[nH]c3ccccc3c2=O)cc1)[C@@H](C)/C=C/CC(=O)N1Cc2ccccc2C[C@H]1CO. The fourth-order valence-corrected chi connectivity index (χ4v) is 5.35. The summed E-state index contributed by atoms with van der Waals surface area (Å²) in [6.07, 6.45) is 4.63. The summed E-state index contributed by atoms with van der Waals surface area (Å²) < 4.78 is 7.35. The number of para-hydroxylation sites is 1. The summed E-state index contributed by atoms with van der Waals surface area (Å²) in [5.74, 6) is 0.0225. The van der Waals surface area contributed by atoms with Crippen molar-refractivity contribution in [1.82, 2.24) is 14.7 Å². The van der Waals surface area contributed by atoms with Crippen molar-refractivity contribution >= 4 is 16.8 Å². The molecule has 7 nitrogen and oxygen atoms in total. The Balaban J connectivity index is 1.25. The van der Waals surface area contributed by atoms with Crippen molar-refractivity contribution in [2.75, 3.05) is 13.7 Å². The van der Waals surface area contributed by atoms with Gasteiger partial charge in [0.2, 0.25) is 5.91 Å². The molecule has 38 heavy (non-hydrogen) atoms. The fraction of sp³-hybridized carbons (Fsp3) is 0.290. The molecule has 0 bridgehead atoms. The molecule has 0 saturated carbocycles. The van der Waals surface area contributed by atoms with E-state index in [2.05, 4.69) is 18.1 Å². The van der Waals surface area contributed by atoms with Crippen LogP contribution in [-0.2, 0) is 22.5 Å². The number of carbonyl (C=O) groups excluding carboxylic acids is 1. The molecule has 4 aromatic rings. The predicted molar refractivity (Wildman–Crippen MR) is 148 cm³/mol. The largest absolute Gasteiger partial charge is 0.394 e. The van der Waals surface area contributed by atoms with Gasteiger partial charge in [-0.2, -0.15) is 0 Å². The molecule has 3 aromatic carbocycles. The molecule has 3 atom stereocenters. The molecule has 2 N–H and O–H groups in total. The van der Waals surface area contributed by atoms with Gasteiger partial charge in [-0.05, 0) is 47.4 Å². The van der Waals surface area contributed by atoms with Gasteiger partial charge >= 0.3 is 0 Å². The number of amides is 1. The minimum Gasteiger partial charge on any atom is -0.394 e. The number of carbonyl (C=O) groups is 1. The highest BCUT2D eigenvalue weighted by Gasteiger charge is 2.28. The van der Waals surface area contributed by atoms with Crippen molar-refractivity contribution < 1.29 is 14.6 Å². The van der Waals surface area contributed by atoms with E-state index in [1.165, 1.54) is 5.56 Å². The summed E-state index contributed by atoms with van der Waals surface area (Å²) in [6.45, 7) is 2.53. The highest BCUT2D eigenvalue weighted by atomic mass is 16.5. The Morgan fingerprint density at radius 1 is 1.08 bits per heavy atom. The van der Waals surface area contributed by atoms with Crippen LogP contribution in [0, 0.1) is 5.92 Å². The second-order valence-electron chi connectivity index (χ2n) is 9.87. The normalized spacial score (nSPS) is 17.0. The monoisotopic (exact) mass is 511 g/mol. The van der Waals surface area contributed by atoms with E-state index in [1.54, 1.807) is 16.7 Å². The smallest absolute Gasteiger partial charge is 0.279 e.